The number of nitrogens with two attached hydrogens (primary N) is 1. The van der Waals surface area contributed by atoms with Crippen LogP contribution in [0.1, 0.15) is 39.7 Å². The van der Waals surface area contributed by atoms with Crippen molar-refractivity contribution < 1.29 is 9.53 Å². The smallest absolute Gasteiger partial charge is 0.240 e. The van der Waals surface area contributed by atoms with Crippen molar-refractivity contribution in [3.8, 4) is 5.88 Å². The van der Waals surface area contributed by atoms with Gasteiger partial charge in [0.2, 0.25) is 11.8 Å². The lowest BCUT2D eigenvalue weighted by Gasteiger charge is -2.22. The summed E-state index contributed by atoms with van der Waals surface area (Å²) in [4.78, 5) is 16.1. The molecule has 5 nitrogen and oxygen atoms in total. The second-order valence-electron chi connectivity index (χ2n) is 5.09. The van der Waals surface area contributed by atoms with Gasteiger partial charge in [0.15, 0.2) is 0 Å². The molecule has 5 heteroatoms. The van der Waals surface area contributed by atoms with E-state index in [4.69, 9.17) is 10.5 Å². The minimum atomic E-state index is -0.846. The minimum Gasteiger partial charge on any atom is -0.475 e. The second-order valence-corrected chi connectivity index (χ2v) is 5.09. The summed E-state index contributed by atoms with van der Waals surface area (Å²) in [6, 6.07) is 3.70. The standard InChI is InChI=1S/C14H23N3O2/c1-5-14(4,15)13(18)17-9-11-7-6-8-16-12(11)19-10(2)3/h6-8,10H,5,9,15H2,1-4H3,(H,17,18). The number of rotatable bonds is 6. The fourth-order valence-electron chi connectivity index (χ4n) is 1.43. The van der Waals surface area contributed by atoms with Crippen molar-refractivity contribution in [2.24, 2.45) is 5.73 Å². The number of carbonyl (C=O) groups is 1. The van der Waals surface area contributed by atoms with E-state index < -0.39 is 5.54 Å². The third-order valence-electron chi connectivity index (χ3n) is 2.89. The van der Waals surface area contributed by atoms with Crippen molar-refractivity contribution in [1.29, 1.82) is 0 Å². The van der Waals surface area contributed by atoms with Crippen molar-refractivity contribution in [3.05, 3.63) is 23.9 Å². The Kier molecular flexibility index (Phi) is 5.30. The Labute approximate surface area is 114 Å². The molecule has 3 N–H and O–H groups in total. The first kappa shape index (κ1) is 15.4. The minimum absolute atomic E-state index is 0.0415. The van der Waals surface area contributed by atoms with Gasteiger partial charge in [0.25, 0.3) is 0 Å². The number of aromatic nitrogens is 1. The molecule has 0 fully saturated rings. The van der Waals surface area contributed by atoms with E-state index in [-0.39, 0.29) is 12.0 Å². The van der Waals surface area contributed by atoms with Crippen molar-refractivity contribution in [2.75, 3.05) is 0 Å². The first-order chi connectivity index (χ1) is 8.86. The average Bonchev–Trinajstić information content (AvgIpc) is 2.36. The number of ether oxygens (including phenoxy) is 1. The molecule has 1 aromatic rings. The Hall–Kier alpha value is -1.62. The maximum atomic E-state index is 11.9. The van der Waals surface area contributed by atoms with Crippen LogP contribution in [0, 0.1) is 0 Å². The Morgan fingerprint density at radius 2 is 2.26 bits per heavy atom. The van der Waals surface area contributed by atoms with E-state index in [9.17, 15) is 4.79 Å². The van der Waals surface area contributed by atoms with Crippen molar-refractivity contribution >= 4 is 5.91 Å². The van der Waals surface area contributed by atoms with Gasteiger partial charge >= 0.3 is 0 Å². The summed E-state index contributed by atoms with van der Waals surface area (Å²) in [7, 11) is 0. The quantitative estimate of drug-likeness (QED) is 0.819. The highest BCUT2D eigenvalue weighted by molar-refractivity contribution is 5.85. The van der Waals surface area contributed by atoms with E-state index >= 15 is 0 Å². The molecule has 0 bridgehead atoms. The number of pyridine rings is 1. The van der Waals surface area contributed by atoms with Crippen LogP contribution in [-0.4, -0.2) is 22.5 Å². The van der Waals surface area contributed by atoms with Crippen molar-refractivity contribution in [1.82, 2.24) is 10.3 Å². The first-order valence-electron chi connectivity index (χ1n) is 6.54. The van der Waals surface area contributed by atoms with Crippen LogP contribution in [0.15, 0.2) is 18.3 Å². The molecule has 0 aliphatic carbocycles. The third-order valence-corrected chi connectivity index (χ3v) is 2.89. The van der Waals surface area contributed by atoms with Gasteiger partial charge in [0.1, 0.15) is 0 Å². The Morgan fingerprint density at radius 1 is 1.58 bits per heavy atom. The highest BCUT2D eigenvalue weighted by atomic mass is 16.5. The van der Waals surface area contributed by atoms with Crippen LogP contribution in [0.3, 0.4) is 0 Å². The van der Waals surface area contributed by atoms with E-state index in [1.807, 2.05) is 32.9 Å². The summed E-state index contributed by atoms with van der Waals surface area (Å²) in [5.74, 6) is 0.377. The van der Waals surface area contributed by atoms with Crippen LogP contribution in [0.4, 0.5) is 0 Å². The molecule has 0 aliphatic heterocycles. The van der Waals surface area contributed by atoms with Crippen LogP contribution in [0.25, 0.3) is 0 Å². The molecule has 1 atom stereocenters. The molecule has 19 heavy (non-hydrogen) atoms. The zero-order valence-corrected chi connectivity index (χ0v) is 12.1. The van der Waals surface area contributed by atoms with Gasteiger partial charge in [-0.25, -0.2) is 4.98 Å². The predicted molar refractivity (Wildman–Crippen MR) is 74.7 cm³/mol. The lowest BCUT2D eigenvalue weighted by molar-refractivity contribution is -0.126. The second kappa shape index (κ2) is 6.52. The van der Waals surface area contributed by atoms with Gasteiger partial charge in [-0.2, -0.15) is 0 Å². The molecule has 1 heterocycles. The van der Waals surface area contributed by atoms with Gasteiger partial charge in [0.05, 0.1) is 11.6 Å². The first-order valence-corrected chi connectivity index (χ1v) is 6.54. The monoisotopic (exact) mass is 265 g/mol. The SMILES string of the molecule is CCC(C)(N)C(=O)NCc1cccnc1OC(C)C. The van der Waals surface area contributed by atoms with E-state index in [1.165, 1.54) is 0 Å². The number of nitrogens with zero attached hydrogens (tertiary/aromatic N) is 1. The van der Waals surface area contributed by atoms with E-state index in [1.54, 1.807) is 13.1 Å². The van der Waals surface area contributed by atoms with Crippen LogP contribution in [0.2, 0.25) is 0 Å². The molecule has 0 radical (unpaired) electrons. The maximum Gasteiger partial charge on any atom is 0.240 e. The topological polar surface area (TPSA) is 77.2 Å². The highest BCUT2D eigenvalue weighted by Crippen LogP contribution is 2.16. The molecule has 0 spiro atoms. The van der Waals surface area contributed by atoms with Crippen LogP contribution < -0.4 is 15.8 Å². The van der Waals surface area contributed by atoms with Gasteiger partial charge in [-0.15, -0.1) is 0 Å². The zero-order chi connectivity index (χ0) is 14.5. The lowest BCUT2D eigenvalue weighted by Crippen LogP contribution is -2.50. The molecule has 1 rings (SSSR count). The van der Waals surface area contributed by atoms with Gasteiger partial charge < -0.3 is 15.8 Å². The molecular formula is C14H23N3O2. The molecule has 106 valence electrons. The van der Waals surface area contributed by atoms with Gasteiger partial charge in [-0.05, 0) is 33.3 Å². The Bertz CT molecular complexity index is 430. The normalized spacial score (nSPS) is 14.0. The van der Waals surface area contributed by atoms with E-state index in [0.29, 0.717) is 18.8 Å². The van der Waals surface area contributed by atoms with Crippen LogP contribution in [0.5, 0.6) is 5.88 Å². The summed E-state index contributed by atoms with van der Waals surface area (Å²) >= 11 is 0. The summed E-state index contributed by atoms with van der Waals surface area (Å²) in [6.07, 6.45) is 2.29. The highest BCUT2D eigenvalue weighted by Gasteiger charge is 2.25. The molecule has 1 amide bonds. The Balaban J connectivity index is 2.70. The van der Waals surface area contributed by atoms with Gasteiger partial charge in [-0.1, -0.05) is 13.0 Å². The number of nitrogens with one attached hydrogen (secondary N) is 1. The molecular weight excluding hydrogens is 242 g/mol. The molecule has 1 aromatic heterocycles. The number of carbonyl (C=O) groups excluding carboxylic acids is 1. The molecule has 1 unspecified atom stereocenters. The van der Waals surface area contributed by atoms with Gasteiger partial charge in [0, 0.05) is 18.3 Å². The van der Waals surface area contributed by atoms with Crippen LogP contribution >= 0.6 is 0 Å². The zero-order valence-electron chi connectivity index (χ0n) is 12.1. The van der Waals surface area contributed by atoms with Gasteiger partial charge in [-0.3, -0.25) is 4.79 Å². The molecule has 0 saturated carbocycles. The average molecular weight is 265 g/mol. The molecule has 0 aliphatic rings. The number of amides is 1. The van der Waals surface area contributed by atoms with E-state index in [0.717, 1.165) is 5.56 Å². The molecule has 0 saturated heterocycles. The lowest BCUT2D eigenvalue weighted by atomic mass is 9.99. The predicted octanol–water partition coefficient (Wildman–Crippen LogP) is 1.61. The number of hydrogen-bond acceptors (Lipinski definition) is 4. The van der Waals surface area contributed by atoms with E-state index in [2.05, 4.69) is 10.3 Å². The largest absolute Gasteiger partial charge is 0.475 e. The van der Waals surface area contributed by atoms with Crippen molar-refractivity contribution in [3.63, 3.8) is 0 Å². The number of hydrogen-bond donors (Lipinski definition) is 2. The maximum absolute atomic E-state index is 11.9. The molecule has 0 aromatic carbocycles. The fraction of sp³-hybridized carbons (Fsp3) is 0.571. The Morgan fingerprint density at radius 3 is 2.84 bits per heavy atom. The van der Waals surface area contributed by atoms with Crippen molar-refractivity contribution in [2.45, 2.75) is 52.3 Å². The summed E-state index contributed by atoms with van der Waals surface area (Å²) in [5.41, 5.74) is 5.88. The fourth-order valence-corrected chi connectivity index (χ4v) is 1.43. The third kappa shape index (κ3) is 4.52. The summed E-state index contributed by atoms with van der Waals surface area (Å²) in [6.45, 7) is 7.84. The van der Waals surface area contributed by atoms with Crippen LogP contribution in [-0.2, 0) is 11.3 Å². The summed E-state index contributed by atoms with van der Waals surface area (Å²) < 4.78 is 5.60. The summed E-state index contributed by atoms with van der Waals surface area (Å²) in [5, 5.41) is 2.82.